The molecular formula is C18H24F2N6O4S. The van der Waals surface area contributed by atoms with Crippen LogP contribution in [0.3, 0.4) is 0 Å². The number of alkyl halides is 2. The minimum atomic E-state index is -4.28. The number of fused-ring (bicyclic) bond motifs is 1. The molecule has 0 aliphatic carbocycles. The molecule has 1 aliphatic heterocycles. The molecule has 0 aromatic carbocycles. The summed E-state index contributed by atoms with van der Waals surface area (Å²) in [7, 11) is -2.62. The molecule has 3 rings (SSSR count). The molecule has 31 heavy (non-hydrogen) atoms. The van der Waals surface area contributed by atoms with Crippen molar-refractivity contribution in [3.63, 3.8) is 0 Å². The van der Waals surface area contributed by atoms with E-state index in [0.717, 1.165) is 10.5 Å². The summed E-state index contributed by atoms with van der Waals surface area (Å²) >= 11 is 0. The van der Waals surface area contributed by atoms with E-state index in [-0.39, 0.29) is 29.7 Å². The molecule has 1 aliphatic rings. The maximum Gasteiger partial charge on any atom is 0.407 e. The second-order valence-corrected chi connectivity index (χ2v) is 9.14. The topological polar surface area (TPSA) is 118 Å². The Kier molecular flexibility index (Phi) is 6.34. The Morgan fingerprint density at radius 3 is 2.65 bits per heavy atom. The quantitative estimate of drug-likeness (QED) is 0.682. The van der Waals surface area contributed by atoms with Gasteiger partial charge in [0, 0.05) is 13.5 Å². The van der Waals surface area contributed by atoms with Gasteiger partial charge in [0.25, 0.3) is 10.0 Å². The second-order valence-electron chi connectivity index (χ2n) is 7.31. The third-order valence-electron chi connectivity index (χ3n) is 4.64. The first-order chi connectivity index (χ1) is 14.5. The monoisotopic (exact) mass is 458 g/mol. The summed E-state index contributed by atoms with van der Waals surface area (Å²) in [6.07, 6.45) is 1.57. The Morgan fingerprint density at radius 1 is 1.35 bits per heavy atom. The van der Waals surface area contributed by atoms with Gasteiger partial charge < -0.3 is 15.4 Å². The molecule has 0 bridgehead atoms. The van der Waals surface area contributed by atoms with E-state index in [1.165, 1.54) is 6.92 Å². The molecule has 1 amide bonds. The number of halogens is 2. The highest BCUT2D eigenvalue weighted by Crippen LogP contribution is 2.34. The highest BCUT2D eigenvalue weighted by atomic mass is 32.2. The molecule has 1 unspecified atom stereocenters. The number of pyridine rings is 1. The summed E-state index contributed by atoms with van der Waals surface area (Å²) in [4.78, 5) is 16.0. The first kappa shape index (κ1) is 22.7. The number of carbonyl (C=O) groups is 1. The lowest BCUT2D eigenvalue weighted by molar-refractivity contribution is 0.0561. The highest BCUT2D eigenvalue weighted by Gasteiger charge is 2.37. The summed E-state index contributed by atoms with van der Waals surface area (Å²) in [6.45, 7) is 1.62. The van der Waals surface area contributed by atoms with Crippen molar-refractivity contribution >= 4 is 27.5 Å². The lowest BCUT2D eigenvalue weighted by atomic mass is 10.0. The largest absolute Gasteiger partial charge is 0.447 e. The molecule has 0 radical (unpaired) electrons. The van der Waals surface area contributed by atoms with E-state index < -0.39 is 28.7 Å². The first-order valence-electron chi connectivity index (χ1n) is 9.53. The summed E-state index contributed by atoms with van der Waals surface area (Å²) in [5.41, 5.74) is 1.24. The van der Waals surface area contributed by atoms with Gasteiger partial charge in [-0.05, 0) is 26.8 Å². The molecule has 0 fully saturated rings. The highest BCUT2D eigenvalue weighted by molar-refractivity contribution is 7.92. The standard InChI is InChI=1S/C18H24F2N6O4S/c1-10(2)30-18(27)23-13-5-14-15(6-12(21-4)7-22-14)26(8-13)31(28,29)16-9-25(17(19)20)24-11(16)3/h6-7,9-10,13,17,21H,5,8H2,1-4H3,(H,23,27). The van der Waals surface area contributed by atoms with Crippen LogP contribution in [0, 0.1) is 6.92 Å². The molecule has 0 saturated carbocycles. The smallest absolute Gasteiger partial charge is 0.407 e. The molecular weight excluding hydrogens is 434 g/mol. The third-order valence-corrected chi connectivity index (χ3v) is 6.52. The van der Waals surface area contributed by atoms with Crippen molar-refractivity contribution in [3.05, 3.63) is 29.8 Å². The van der Waals surface area contributed by atoms with Gasteiger partial charge in [-0.2, -0.15) is 13.9 Å². The summed E-state index contributed by atoms with van der Waals surface area (Å²) in [5.74, 6) is 0. The molecule has 2 N–H and O–H groups in total. The van der Waals surface area contributed by atoms with Crippen LogP contribution in [0.5, 0.6) is 0 Å². The molecule has 0 saturated heterocycles. The van der Waals surface area contributed by atoms with Crippen molar-refractivity contribution in [2.45, 2.75) is 50.8 Å². The number of nitrogens with one attached hydrogen (secondary N) is 2. The number of amides is 1. The number of nitrogens with zero attached hydrogens (tertiary/aromatic N) is 4. The molecule has 10 nitrogen and oxygen atoms in total. The van der Waals surface area contributed by atoms with Crippen molar-refractivity contribution in [1.29, 1.82) is 0 Å². The maximum atomic E-state index is 13.5. The van der Waals surface area contributed by atoms with Crippen LogP contribution in [0.25, 0.3) is 0 Å². The van der Waals surface area contributed by atoms with Crippen molar-refractivity contribution < 1.29 is 26.7 Å². The number of aryl methyl sites for hydroxylation is 1. The fourth-order valence-corrected chi connectivity index (χ4v) is 4.95. The molecule has 13 heteroatoms. The van der Waals surface area contributed by atoms with E-state index in [1.54, 1.807) is 33.2 Å². The first-order valence-corrected chi connectivity index (χ1v) is 11.0. The van der Waals surface area contributed by atoms with Crippen LogP contribution >= 0.6 is 0 Å². The predicted molar refractivity (Wildman–Crippen MR) is 109 cm³/mol. The van der Waals surface area contributed by atoms with Crippen LogP contribution in [-0.4, -0.2) is 55.0 Å². The van der Waals surface area contributed by atoms with Gasteiger partial charge in [0.1, 0.15) is 4.90 Å². The SMILES string of the molecule is CNc1cnc2c(c1)N(S(=O)(=O)c1cn(C(F)F)nc1C)CC(NC(=O)OC(C)C)C2. The van der Waals surface area contributed by atoms with Gasteiger partial charge >= 0.3 is 12.6 Å². The van der Waals surface area contributed by atoms with E-state index in [9.17, 15) is 22.0 Å². The number of hydrogen-bond donors (Lipinski definition) is 2. The summed E-state index contributed by atoms with van der Waals surface area (Å²) in [6, 6.07) is 0.974. The van der Waals surface area contributed by atoms with Gasteiger partial charge in [-0.25, -0.2) is 17.9 Å². The van der Waals surface area contributed by atoms with E-state index in [1.807, 2.05) is 0 Å². The van der Waals surface area contributed by atoms with Crippen LogP contribution in [0.1, 0.15) is 31.8 Å². The lowest BCUT2D eigenvalue weighted by Gasteiger charge is -2.35. The van der Waals surface area contributed by atoms with Gasteiger partial charge in [0.2, 0.25) is 0 Å². The molecule has 170 valence electrons. The van der Waals surface area contributed by atoms with Gasteiger partial charge in [-0.3, -0.25) is 9.29 Å². The number of carbonyl (C=O) groups excluding carboxylic acids is 1. The zero-order valence-electron chi connectivity index (χ0n) is 17.5. The fourth-order valence-electron chi connectivity index (χ4n) is 3.26. The Labute approximate surface area is 178 Å². The Bertz CT molecular complexity index is 1070. The van der Waals surface area contributed by atoms with Crippen molar-refractivity contribution in [1.82, 2.24) is 20.1 Å². The van der Waals surface area contributed by atoms with Crippen LogP contribution in [-0.2, 0) is 21.2 Å². The number of alkyl carbamates (subject to hydrolysis) is 1. The fraction of sp³-hybridized carbons (Fsp3) is 0.500. The molecule has 2 aromatic heterocycles. The predicted octanol–water partition coefficient (Wildman–Crippen LogP) is 2.28. The Balaban J connectivity index is 2.03. The second kappa shape index (κ2) is 8.65. The summed E-state index contributed by atoms with van der Waals surface area (Å²) in [5, 5.41) is 9.15. The Morgan fingerprint density at radius 2 is 2.06 bits per heavy atom. The number of aromatic nitrogens is 3. The molecule has 1 atom stereocenters. The average Bonchev–Trinajstić information content (AvgIpc) is 3.09. The number of sulfonamides is 1. The van der Waals surface area contributed by atoms with Crippen molar-refractivity contribution in [2.75, 3.05) is 23.2 Å². The van der Waals surface area contributed by atoms with Crippen LogP contribution in [0.15, 0.2) is 23.4 Å². The van der Waals surface area contributed by atoms with Crippen LogP contribution < -0.4 is 14.9 Å². The number of anilines is 2. The molecule has 3 heterocycles. The van der Waals surface area contributed by atoms with E-state index in [2.05, 4.69) is 20.7 Å². The number of ether oxygens (including phenoxy) is 1. The minimum Gasteiger partial charge on any atom is -0.447 e. The third kappa shape index (κ3) is 4.70. The zero-order chi connectivity index (χ0) is 22.9. The lowest BCUT2D eigenvalue weighted by Crippen LogP contribution is -2.50. The Hall–Kier alpha value is -2.96. The number of hydrogen-bond acceptors (Lipinski definition) is 7. The number of rotatable bonds is 6. The van der Waals surface area contributed by atoms with Gasteiger partial charge in [0.15, 0.2) is 0 Å². The van der Waals surface area contributed by atoms with E-state index in [0.29, 0.717) is 21.8 Å². The van der Waals surface area contributed by atoms with Crippen LogP contribution in [0.2, 0.25) is 0 Å². The van der Waals surface area contributed by atoms with Gasteiger partial charge in [0.05, 0.1) is 53.8 Å². The normalized spacial score (nSPS) is 16.4. The zero-order valence-corrected chi connectivity index (χ0v) is 18.3. The van der Waals surface area contributed by atoms with E-state index >= 15 is 0 Å². The molecule has 2 aromatic rings. The van der Waals surface area contributed by atoms with Crippen molar-refractivity contribution in [3.8, 4) is 0 Å². The van der Waals surface area contributed by atoms with Gasteiger partial charge in [-0.1, -0.05) is 0 Å². The molecule has 0 spiro atoms. The van der Waals surface area contributed by atoms with Crippen molar-refractivity contribution in [2.24, 2.45) is 0 Å². The average molecular weight is 458 g/mol. The summed E-state index contributed by atoms with van der Waals surface area (Å²) < 4.78 is 59.4. The maximum absolute atomic E-state index is 13.5. The minimum absolute atomic E-state index is 0.0612. The van der Waals surface area contributed by atoms with E-state index in [4.69, 9.17) is 4.74 Å². The van der Waals surface area contributed by atoms with Crippen LogP contribution in [0.4, 0.5) is 25.0 Å². The van der Waals surface area contributed by atoms with Gasteiger partial charge in [-0.15, -0.1) is 0 Å².